The van der Waals surface area contributed by atoms with Crippen LogP contribution in [0.3, 0.4) is 0 Å². The molecular weight excluding hydrogens is 424 g/mol. The van der Waals surface area contributed by atoms with Crippen LogP contribution in [0, 0.1) is 0 Å². The van der Waals surface area contributed by atoms with E-state index in [1.165, 1.54) is 37.7 Å². The van der Waals surface area contributed by atoms with Gasteiger partial charge in [-0.1, -0.05) is 43.2 Å². The number of nitrogens with one attached hydrogen (secondary N) is 1. The lowest BCUT2D eigenvalue weighted by atomic mass is 9.95. The molecule has 32 heavy (non-hydrogen) atoms. The molecule has 2 aromatic carbocycles. The van der Waals surface area contributed by atoms with Crippen LogP contribution in [-0.4, -0.2) is 28.7 Å². The van der Waals surface area contributed by atoms with Crippen LogP contribution in [0.1, 0.15) is 49.5 Å². The maximum atomic E-state index is 5.52. The minimum absolute atomic E-state index is 0.297. The van der Waals surface area contributed by atoms with Gasteiger partial charge in [-0.2, -0.15) is 0 Å². The third-order valence-electron chi connectivity index (χ3n) is 6.00. The highest BCUT2D eigenvalue weighted by Gasteiger charge is 2.23. The monoisotopic (exact) mass is 452 g/mol. The standard InChI is InChI=1S/C24H28N4O3S/c1-29-20-9-5-6-18(13-20)25-14-23-26-27-24(28(23)19-7-3-2-4-8-19)32-15-17-10-11-21-22(12-17)31-16-30-21/h5-6,9-13,19,25H,2-4,7-8,14-16H2,1H3. The number of benzene rings is 2. The van der Waals surface area contributed by atoms with Gasteiger partial charge in [0.2, 0.25) is 6.79 Å². The summed E-state index contributed by atoms with van der Waals surface area (Å²) >= 11 is 1.73. The molecule has 0 bridgehead atoms. The number of anilines is 1. The van der Waals surface area contributed by atoms with Crippen LogP contribution < -0.4 is 19.5 Å². The minimum atomic E-state index is 0.297. The number of ether oxygens (including phenoxy) is 3. The van der Waals surface area contributed by atoms with Crippen molar-refractivity contribution >= 4 is 17.4 Å². The summed E-state index contributed by atoms with van der Waals surface area (Å²) in [6, 6.07) is 14.6. The first-order valence-corrected chi connectivity index (χ1v) is 12.1. The van der Waals surface area contributed by atoms with Crippen LogP contribution in [0.25, 0.3) is 0 Å². The van der Waals surface area contributed by atoms with Gasteiger partial charge in [0, 0.05) is 23.5 Å². The maximum Gasteiger partial charge on any atom is 0.231 e. The molecule has 0 unspecified atom stereocenters. The Morgan fingerprint density at radius 1 is 1.06 bits per heavy atom. The molecule has 8 heteroatoms. The van der Waals surface area contributed by atoms with Gasteiger partial charge in [-0.05, 0) is 42.7 Å². The van der Waals surface area contributed by atoms with Crippen molar-refractivity contribution in [2.75, 3.05) is 19.2 Å². The number of hydrogen-bond donors (Lipinski definition) is 1. The molecule has 0 atom stereocenters. The summed E-state index contributed by atoms with van der Waals surface area (Å²) in [5, 5.41) is 13.6. The second-order valence-corrected chi connectivity index (χ2v) is 9.06. The number of aromatic nitrogens is 3. The number of methoxy groups -OCH3 is 1. The smallest absolute Gasteiger partial charge is 0.231 e. The largest absolute Gasteiger partial charge is 0.497 e. The minimum Gasteiger partial charge on any atom is -0.497 e. The van der Waals surface area contributed by atoms with Gasteiger partial charge in [0.1, 0.15) is 5.75 Å². The average Bonchev–Trinajstić information content (AvgIpc) is 3.48. The van der Waals surface area contributed by atoms with Crippen molar-refractivity contribution in [1.82, 2.24) is 14.8 Å². The zero-order valence-corrected chi connectivity index (χ0v) is 19.1. The van der Waals surface area contributed by atoms with Crippen LogP contribution in [0.15, 0.2) is 47.6 Å². The fourth-order valence-corrected chi connectivity index (χ4v) is 5.29. The first-order chi connectivity index (χ1) is 15.8. The quantitative estimate of drug-likeness (QED) is 0.457. The summed E-state index contributed by atoms with van der Waals surface area (Å²) in [6.07, 6.45) is 6.20. The van der Waals surface area contributed by atoms with E-state index >= 15 is 0 Å². The second-order valence-electron chi connectivity index (χ2n) is 8.12. The summed E-state index contributed by atoms with van der Waals surface area (Å²) in [5.41, 5.74) is 2.20. The molecule has 2 aliphatic rings. The number of thioether (sulfide) groups is 1. The van der Waals surface area contributed by atoms with Gasteiger partial charge < -0.3 is 24.1 Å². The van der Waals surface area contributed by atoms with Crippen LogP contribution in [0.4, 0.5) is 5.69 Å². The molecule has 1 aliphatic heterocycles. The topological polar surface area (TPSA) is 70.4 Å². The molecule has 1 saturated carbocycles. The van der Waals surface area contributed by atoms with E-state index < -0.39 is 0 Å². The number of hydrogen-bond acceptors (Lipinski definition) is 7. The van der Waals surface area contributed by atoms with Crippen LogP contribution in [-0.2, 0) is 12.3 Å². The SMILES string of the molecule is COc1cccc(NCc2nnc(SCc3ccc4c(c3)OCO4)n2C2CCCCC2)c1. The predicted octanol–water partition coefficient (Wildman–Crippen LogP) is 5.43. The van der Waals surface area contributed by atoms with Crippen molar-refractivity contribution in [2.45, 2.75) is 55.6 Å². The lowest BCUT2D eigenvalue weighted by Crippen LogP contribution is -2.18. The Balaban J connectivity index is 1.33. The lowest BCUT2D eigenvalue weighted by Gasteiger charge is -2.25. The van der Waals surface area contributed by atoms with E-state index in [1.54, 1.807) is 18.9 Å². The van der Waals surface area contributed by atoms with Crippen LogP contribution >= 0.6 is 11.8 Å². The molecule has 0 amide bonds. The Morgan fingerprint density at radius 2 is 1.94 bits per heavy atom. The molecular formula is C24H28N4O3S. The van der Waals surface area contributed by atoms with Crippen LogP contribution in [0.5, 0.6) is 17.2 Å². The molecule has 0 saturated heterocycles. The Hall–Kier alpha value is -2.87. The van der Waals surface area contributed by atoms with Crippen molar-refractivity contribution in [3.05, 3.63) is 53.9 Å². The molecule has 0 spiro atoms. The molecule has 1 fully saturated rings. The molecule has 2 heterocycles. The first kappa shape index (κ1) is 21.0. The van der Waals surface area contributed by atoms with Gasteiger partial charge in [-0.15, -0.1) is 10.2 Å². The molecule has 3 aromatic rings. The molecule has 1 aromatic heterocycles. The van der Waals surface area contributed by atoms with Gasteiger partial charge in [-0.25, -0.2) is 0 Å². The molecule has 7 nitrogen and oxygen atoms in total. The van der Waals surface area contributed by atoms with E-state index in [0.29, 0.717) is 19.4 Å². The summed E-state index contributed by atoms with van der Waals surface area (Å²) in [6.45, 7) is 0.923. The van der Waals surface area contributed by atoms with Crippen molar-refractivity contribution < 1.29 is 14.2 Å². The van der Waals surface area contributed by atoms with Gasteiger partial charge in [0.25, 0.3) is 0 Å². The average molecular weight is 453 g/mol. The van der Waals surface area contributed by atoms with E-state index in [1.807, 2.05) is 30.3 Å². The van der Waals surface area contributed by atoms with Crippen molar-refractivity contribution in [1.29, 1.82) is 0 Å². The third kappa shape index (κ3) is 4.65. The van der Waals surface area contributed by atoms with Crippen molar-refractivity contribution in [2.24, 2.45) is 0 Å². The highest BCUT2D eigenvalue weighted by Crippen LogP contribution is 2.36. The number of rotatable bonds is 8. The van der Waals surface area contributed by atoms with Gasteiger partial charge in [0.05, 0.1) is 13.7 Å². The van der Waals surface area contributed by atoms with Crippen LogP contribution in [0.2, 0.25) is 0 Å². The maximum absolute atomic E-state index is 5.52. The van der Waals surface area contributed by atoms with E-state index in [0.717, 1.165) is 39.7 Å². The third-order valence-corrected chi connectivity index (χ3v) is 7.01. The number of fused-ring (bicyclic) bond motifs is 1. The second kappa shape index (κ2) is 9.73. The Kier molecular flexibility index (Phi) is 6.39. The zero-order chi connectivity index (χ0) is 21.8. The van der Waals surface area contributed by atoms with Gasteiger partial charge in [0.15, 0.2) is 22.5 Å². The highest BCUT2D eigenvalue weighted by atomic mass is 32.2. The Morgan fingerprint density at radius 3 is 2.81 bits per heavy atom. The van der Waals surface area contributed by atoms with Gasteiger partial charge >= 0.3 is 0 Å². The fraction of sp³-hybridized carbons (Fsp3) is 0.417. The Bertz CT molecular complexity index is 1070. The molecule has 5 rings (SSSR count). The predicted molar refractivity (Wildman–Crippen MR) is 125 cm³/mol. The number of nitrogens with zero attached hydrogens (tertiary/aromatic N) is 3. The molecule has 1 N–H and O–H groups in total. The molecule has 0 radical (unpaired) electrons. The van der Waals surface area contributed by atoms with E-state index in [9.17, 15) is 0 Å². The first-order valence-electron chi connectivity index (χ1n) is 11.1. The normalized spacial score (nSPS) is 15.7. The van der Waals surface area contributed by atoms with Crippen molar-refractivity contribution in [3.63, 3.8) is 0 Å². The summed E-state index contributed by atoms with van der Waals surface area (Å²) in [5.74, 6) is 4.26. The fourth-order valence-electron chi connectivity index (χ4n) is 4.33. The van der Waals surface area contributed by atoms with Gasteiger partial charge in [-0.3, -0.25) is 0 Å². The zero-order valence-electron chi connectivity index (χ0n) is 18.3. The van der Waals surface area contributed by atoms with E-state index in [2.05, 4.69) is 32.2 Å². The summed E-state index contributed by atoms with van der Waals surface area (Å²) in [7, 11) is 1.68. The summed E-state index contributed by atoms with van der Waals surface area (Å²) < 4.78 is 18.7. The Labute approximate surface area is 192 Å². The lowest BCUT2D eigenvalue weighted by molar-refractivity contribution is 0.174. The van der Waals surface area contributed by atoms with E-state index in [-0.39, 0.29) is 0 Å². The van der Waals surface area contributed by atoms with E-state index in [4.69, 9.17) is 14.2 Å². The van der Waals surface area contributed by atoms with Crippen molar-refractivity contribution in [3.8, 4) is 17.2 Å². The highest BCUT2D eigenvalue weighted by molar-refractivity contribution is 7.98. The molecule has 168 valence electrons. The summed E-state index contributed by atoms with van der Waals surface area (Å²) in [4.78, 5) is 0. The molecule has 1 aliphatic carbocycles.